The predicted molar refractivity (Wildman–Crippen MR) is 96.0 cm³/mol. The molecule has 0 fully saturated rings. The minimum Gasteiger partial charge on any atom is -0.871 e. The summed E-state index contributed by atoms with van der Waals surface area (Å²) < 4.78 is 32.3. The Kier molecular flexibility index (Phi) is 6.86. The largest absolute Gasteiger partial charge is 1.00 e. The van der Waals surface area contributed by atoms with Gasteiger partial charge < -0.3 is 5.11 Å². The van der Waals surface area contributed by atoms with E-state index < -0.39 is 21.4 Å². The van der Waals surface area contributed by atoms with E-state index in [0.717, 1.165) is 16.8 Å². The van der Waals surface area contributed by atoms with Gasteiger partial charge in [0.2, 0.25) is 0 Å². The zero-order valence-electron chi connectivity index (χ0n) is 14.7. The van der Waals surface area contributed by atoms with Crippen LogP contribution in [0.4, 0.5) is 11.4 Å². The number of nitrogens with one attached hydrogen (secondary N) is 1. The Morgan fingerprint density at radius 3 is 2.39 bits per heavy atom. The van der Waals surface area contributed by atoms with E-state index in [2.05, 4.69) is 15.3 Å². The number of H-pyrrole nitrogens is 1. The van der Waals surface area contributed by atoms with E-state index in [1.54, 1.807) is 6.92 Å². The quantitative estimate of drug-likeness (QED) is 0.337. The van der Waals surface area contributed by atoms with Crippen molar-refractivity contribution in [3.8, 4) is 11.4 Å². The van der Waals surface area contributed by atoms with Crippen molar-refractivity contribution in [3.05, 3.63) is 63.5 Å². The first kappa shape index (κ1) is 22.3. The van der Waals surface area contributed by atoms with Crippen LogP contribution in [0.2, 0.25) is 5.02 Å². The van der Waals surface area contributed by atoms with Crippen molar-refractivity contribution < 1.29 is 47.6 Å². The molecule has 0 saturated carbocycles. The van der Waals surface area contributed by atoms with Gasteiger partial charge in [0, 0.05) is 5.02 Å². The minimum atomic E-state index is -4.33. The number of halogens is 1. The number of hydrogen-bond acceptors (Lipinski definition) is 6. The maximum atomic E-state index is 12.6. The fourth-order valence-corrected chi connectivity index (χ4v) is 2.92. The first-order valence-corrected chi connectivity index (χ1v) is 9.26. The maximum Gasteiger partial charge on any atom is 1.00 e. The average Bonchev–Trinajstić information content (AvgIpc) is 2.89. The van der Waals surface area contributed by atoms with Crippen molar-refractivity contribution in [2.45, 2.75) is 11.8 Å². The molecule has 0 aliphatic carbocycles. The fourth-order valence-electron chi connectivity index (χ4n) is 2.28. The Morgan fingerprint density at radius 2 is 1.79 bits per heavy atom. The summed E-state index contributed by atoms with van der Waals surface area (Å²) in [6, 6.07) is 9.00. The normalized spacial score (nSPS) is 11.5. The van der Waals surface area contributed by atoms with E-state index >= 15 is 0 Å². The molecule has 3 aromatic rings. The summed E-state index contributed by atoms with van der Waals surface area (Å²) in [5.41, 5.74) is 0.131. The zero-order valence-corrected chi connectivity index (χ0v) is 18.3. The summed E-state index contributed by atoms with van der Waals surface area (Å²) in [7, 11) is -4.33. The van der Waals surface area contributed by atoms with Crippen LogP contribution in [0.25, 0.3) is 5.69 Å². The Labute approximate surface area is 186 Å². The van der Waals surface area contributed by atoms with E-state index in [0.29, 0.717) is 16.4 Å². The Bertz CT molecular complexity index is 1200. The second kappa shape index (κ2) is 8.60. The Hall–Kier alpha value is -1.95. The maximum absolute atomic E-state index is 12.6. The summed E-state index contributed by atoms with van der Waals surface area (Å²) in [6.07, 6.45) is 0. The van der Waals surface area contributed by atoms with Crippen LogP contribution in [0.15, 0.2) is 62.4 Å². The molecule has 0 bridgehead atoms. The Morgan fingerprint density at radius 1 is 1.14 bits per heavy atom. The van der Waals surface area contributed by atoms with Crippen LogP contribution in [0.3, 0.4) is 0 Å². The van der Waals surface area contributed by atoms with Crippen molar-refractivity contribution in [2.24, 2.45) is 10.2 Å². The molecule has 12 heteroatoms. The van der Waals surface area contributed by atoms with Crippen LogP contribution in [-0.2, 0) is 10.1 Å². The van der Waals surface area contributed by atoms with Gasteiger partial charge in [-0.05, 0) is 43.3 Å². The van der Waals surface area contributed by atoms with Gasteiger partial charge in [-0.2, -0.15) is 13.5 Å². The molecular formula is C16H12ClN4NaO5S. The Balaban J connectivity index is 0.00000280. The first-order valence-electron chi connectivity index (χ1n) is 7.44. The van der Waals surface area contributed by atoms with Crippen LogP contribution in [0.5, 0.6) is 5.75 Å². The van der Waals surface area contributed by atoms with Gasteiger partial charge in [0.1, 0.15) is 0 Å². The van der Waals surface area contributed by atoms with E-state index in [-0.39, 0.29) is 45.8 Å². The van der Waals surface area contributed by atoms with Gasteiger partial charge in [-0.1, -0.05) is 23.4 Å². The molecule has 0 radical (unpaired) electrons. The third-order valence-corrected chi connectivity index (χ3v) is 4.71. The molecule has 3 rings (SSSR count). The van der Waals surface area contributed by atoms with E-state index in [9.17, 15) is 18.3 Å². The molecule has 0 atom stereocenters. The van der Waals surface area contributed by atoms with E-state index in [4.69, 9.17) is 16.2 Å². The number of aromatic nitrogens is 2. The van der Waals surface area contributed by atoms with E-state index in [1.807, 2.05) is 0 Å². The molecule has 28 heavy (non-hydrogen) atoms. The number of hydrogen-bond donors (Lipinski definition) is 2. The first-order chi connectivity index (χ1) is 12.7. The topological polar surface area (TPSA) is 140 Å². The van der Waals surface area contributed by atoms with Crippen molar-refractivity contribution in [3.63, 3.8) is 0 Å². The van der Waals surface area contributed by atoms with Crippen LogP contribution in [-0.4, -0.2) is 22.8 Å². The molecule has 9 nitrogen and oxygen atoms in total. The number of nitrogens with zero attached hydrogens (tertiary/aromatic N) is 3. The zero-order chi connectivity index (χ0) is 19.8. The predicted octanol–water partition coefficient (Wildman–Crippen LogP) is -0.133. The van der Waals surface area contributed by atoms with E-state index in [1.165, 1.54) is 30.3 Å². The third kappa shape index (κ3) is 4.72. The van der Waals surface area contributed by atoms with Crippen molar-refractivity contribution >= 4 is 33.1 Å². The van der Waals surface area contributed by atoms with Gasteiger partial charge in [0.05, 0.1) is 22.0 Å². The van der Waals surface area contributed by atoms with Crippen LogP contribution in [0, 0.1) is 6.92 Å². The molecule has 0 unspecified atom stereocenters. The monoisotopic (exact) mass is 430 g/mol. The third-order valence-electron chi connectivity index (χ3n) is 3.61. The van der Waals surface area contributed by atoms with Gasteiger partial charge in [-0.3, -0.25) is 14.4 Å². The number of azo groups is 1. The van der Waals surface area contributed by atoms with Gasteiger partial charge in [0.25, 0.3) is 15.7 Å². The molecule has 1 heterocycles. The van der Waals surface area contributed by atoms with Crippen LogP contribution in [0.1, 0.15) is 5.69 Å². The summed E-state index contributed by atoms with van der Waals surface area (Å²) in [4.78, 5) is 12.3. The van der Waals surface area contributed by atoms with Gasteiger partial charge in [0.15, 0.2) is 5.69 Å². The number of rotatable bonds is 4. The minimum absolute atomic E-state index is 0. The molecule has 0 spiro atoms. The smallest absolute Gasteiger partial charge is 0.871 e. The second-order valence-electron chi connectivity index (χ2n) is 5.51. The summed E-state index contributed by atoms with van der Waals surface area (Å²) >= 11 is 5.82. The van der Waals surface area contributed by atoms with Crippen LogP contribution >= 0.6 is 11.6 Å². The number of aromatic amines is 1. The fraction of sp³-hybridized carbons (Fsp3) is 0.0625. The van der Waals surface area contributed by atoms with Crippen molar-refractivity contribution in [1.82, 2.24) is 9.78 Å². The summed E-state index contributed by atoms with van der Waals surface area (Å²) in [5.74, 6) is -0.391. The molecule has 0 saturated heterocycles. The molecular weight excluding hydrogens is 419 g/mol. The van der Waals surface area contributed by atoms with Gasteiger partial charge >= 0.3 is 29.6 Å². The molecule has 1 aromatic heterocycles. The SMILES string of the molecule is Cc1[nH]n(-c2ccc(S(=O)(=O)O)cc2)c(=O)c1N=Nc1cc(Cl)ccc1[O-].[Na+]. The van der Waals surface area contributed by atoms with Crippen LogP contribution < -0.4 is 40.2 Å². The number of benzene rings is 2. The molecule has 2 aromatic carbocycles. The van der Waals surface area contributed by atoms with Gasteiger partial charge in [-0.25, -0.2) is 4.68 Å². The summed E-state index contributed by atoms with van der Waals surface area (Å²) in [6.45, 7) is 1.59. The number of aryl methyl sites for hydroxylation is 1. The average molecular weight is 431 g/mol. The summed E-state index contributed by atoms with van der Waals surface area (Å²) in [5, 5.41) is 22.5. The molecule has 0 amide bonds. The van der Waals surface area contributed by atoms with Crippen molar-refractivity contribution in [1.29, 1.82) is 0 Å². The van der Waals surface area contributed by atoms with Gasteiger partial charge in [-0.15, -0.1) is 5.11 Å². The molecule has 0 aliphatic heterocycles. The molecule has 2 N–H and O–H groups in total. The second-order valence-corrected chi connectivity index (χ2v) is 7.36. The molecule has 140 valence electrons. The standard InChI is InChI=1S/C16H13ClN4O5S.Na/c1-9-15(19-18-13-8-10(17)2-7-14(13)22)16(23)21(20-9)11-3-5-12(6-4-11)27(24,25)26;/h2-8,20,22H,1H3,(H,24,25,26);/q;+1/p-1. The van der Waals surface area contributed by atoms with Crippen molar-refractivity contribution in [2.75, 3.05) is 0 Å². The molecule has 0 aliphatic rings.